The highest BCUT2D eigenvalue weighted by atomic mass is 32.1. The zero-order chi connectivity index (χ0) is 26.6. The summed E-state index contributed by atoms with van der Waals surface area (Å²) in [4.78, 5) is 42.2. The maximum Gasteiger partial charge on any atom is 0.306 e. The number of morpholine rings is 1. The summed E-state index contributed by atoms with van der Waals surface area (Å²) in [5.74, 6) is -0.551. The third kappa shape index (κ3) is 7.09. The van der Waals surface area contributed by atoms with Gasteiger partial charge in [-0.2, -0.15) is 0 Å². The van der Waals surface area contributed by atoms with E-state index in [0.717, 1.165) is 49.0 Å². The lowest BCUT2D eigenvalue weighted by atomic mass is 10.1. The Morgan fingerprint density at radius 3 is 2.68 bits per heavy atom. The zero-order valence-corrected chi connectivity index (χ0v) is 22.5. The van der Waals surface area contributed by atoms with Gasteiger partial charge in [0.1, 0.15) is 24.0 Å². The van der Waals surface area contributed by atoms with Crippen LogP contribution in [0.2, 0.25) is 0 Å². The van der Waals surface area contributed by atoms with E-state index in [9.17, 15) is 14.4 Å². The predicted molar refractivity (Wildman–Crippen MR) is 139 cm³/mol. The molecular weight excluding hydrogens is 494 g/mol. The van der Waals surface area contributed by atoms with Crippen molar-refractivity contribution < 1.29 is 28.6 Å². The van der Waals surface area contributed by atoms with Gasteiger partial charge >= 0.3 is 5.97 Å². The average Bonchev–Trinajstić information content (AvgIpc) is 3.37. The molecule has 1 aromatic heterocycles. The standard InChI is InChI=1S/C27H35N3O6S/c1-27(2,3)36-24(31)8-7-22(25(28)32)30-15-20-21(26(30)33)17-37-23(20)16-35-19-6-4-5-18(13-19)14-29-9-11-34-12-10-29/h4-6,13,17,22H,7-12,14-16H2,1-3H3,(H2,28,32)/t22-/m0/s1. The van der Waals surface area contributed by atoms with Gasteiger partial charge in [-0.15, -0.1) is 11.3 Å². The summed E-state index contributed by atoms with van der Waals surface area (Å²) in [7, 11) is 0. The third-order valence-corrected chi connectivity index (χ3v) is 7.33. The number of benzene rings is 1. The summed E-state index contributed by atoms with van der Waals surface area (Å²) in [5.41, 5.74) is 7.60. The number of esters is 1. The molecule has 3 heterocycles. The van der Waals surface area contributed by atoms with E-state index in [4.69, 9.17) is 19.9 Å². The third-order valence-electron chi connectivity index (χ3n) is 6.33. The Morgan fingerprint density at radius 1 is 1.22 bits per heavy atom. The highest BCUT2D eigenvalue weighted by Gasteiger charge is 2.38. The van der Waals surface area contributed by atoms with Gasteiger partial charge in [0.2, 0.25) is 5.91 Å². The van der Waals surface area contributed by atoms with Crippen LogP contribution in [-0.4, -0.2) is 65.5 Å². The molecule has 0 saturated carbocycles. The number of nitrogens with two attached hydrogens (primary N) is 1. The van der Waals surface area contributed by atoms with Gasteiger partial charge in [-0.3, -0.25) is 19.3 Å². The maximum absolute atomic E-state index is 13.1. The molecule has 0 unspecified atom stereocenters. The molecule has 10 heteroatoms. The Balaban J connectivity index is 1.37. The molecule has 2 aliphatic rings. The monoisotopic (exact) mass is 529 g/mol. The van der Waals surface area contributed by atoms with Gasteiger partial charge in [-0.05, 0) is 44.9 Å². The van der Waals surface area contributed by atoms with Crippen molar-refractivity contribution in [3.05, 3.63) is 51.2 Å². The number of rotatable bonds is 10. The number of primary amides is 1. The minimum Gasteiger partial charge on any atom is -0.488 e. The van der Waals surface area contributed by atoms with E-state index in [2.05, 4.69) is 11.0 Å². The van der Waals surface area contributed by atoms with E-state index in [1.54, 1.807) is 26.2 Å². The largest absolute Gasteiger partial charge is 0.488 e. The second-order valence-electron chi connectivity index (χ2n) is 10.4. The van der Waals surface area contributed by atoms with Crippen molar-refractivity contribution in [2.24, 2.45) is 5.73 Å². The molecule has 9 nitrogen and oxygen atoms in total. The molecule has 1 aromatic carbocycles. The van der Waals surface area contributed by atoms with E-state index < -0.39 is 23.5 Å². The number of thiophene rings is 1. The van der Waals surface area contributed by atoms with Crippen molar-refractivity contribution in [2.45, 2.75) is 65.0 Å². The Bertz CT molecular complexity index is 1140. The molecular formula is C27H35N3O6S. The highest BCUT2D eigenvalue weighted by Crippen LogP contribution is 2.34. The van der Waals surface area contributed by atoms with Crippen molar-refractivity contribution in [3.8, 4) is 5.75 Å². The van der Waals surface area contributed by atoms with E-state index in [0.29, 0.717) is 12.2 Å². The molecule has 2 N–H and O–H groups in total. The van der Waals surface area contributed by atoms with Gasteiger partial charge in [0.05, 0.1) is 18.8 Å². The molecule has 2 aromatic rings. The number of amides is 2. The summed E-state index contributed by atoms with van der Waals surface area (Å²) < 4.78 is 16.8. The van der Waals surface area contributed by atoms with Crippen LogP contribution in [0.15, 0.2) is 29.6 Å². The molecule has 1 atom stereocenters. The Labute approximate surface area is 221 Å². The smallest absolute Gasteiger partial charge is 0.306 e. The normalized spacial score (nSPS) is 16.9. The SMILES string of the molecule is CC(C)(C)OC(=O)CC[C@@H](C(N)=O)N1Cc2c(csc2COc2cccc(CN3CCOCC3)c2)C1=O. The fraction of sp³-hybridized carbons (Fsp3) is 0.519. The zero-order valence-electron chi connectivity index (χ0n) is 21.7. The van der Waals surface area contributed by atoms with Gasteiger partial charge in [0.15, 0.2) is 0 Å². The number of ether oxygens (including phenoxy) is 3. The first kappa shape index (κ1) is 27.1. The fourth-order valence-electron chi connectivity index (χ4n) is 4.54. The lowest BCUT2D eigenvalue weighted by Crippen LogP contribution is -2.45. The van der Waals surface area contributed by atoms with Crippen LogP contribution in [-0.2, 0) is 38.8 Å². The molecule has 1 saturated heterocycles. The van der Waals surface area contributed by atoms with Crippen LogP contribution in [0.1, 0.15) is 60.0 Å². The van der Waals surface area contributed by atoms with E-state index in [1.165, 1.54) is 21.8 Å². The van der Waals surface area contributed by atoms with Crippen molar-refractivity contribution in [1.82, 2.24) is 9.80 Å². The van der Waals surface area contributed by atoms with E-state index >= 15 is 0 Å². The molecule has 1 fully saturated rings. The van der Waals surface area contributed by atoms with E-state index in [-0.39, 0.29) is 25.3 Å². The number of carbonyl (C=O) groups excluding carboxylic acids is 3. The molecule has 37 heavy (non-hydrogen) atoms. The van der Waals surface area contributed by atoms with Crippen LogP contribution < -0.4 is 10.5 Å². The van der Waals surface area contributed by atoms with Gasteiger partial charge in [-0.1, -0.05) is 12.1 Å². The molecule has 200 valence electrons. The van der Waals surface area contributed by atoms with Gasteiger partial charge in [0.25, 0.3) is 5.91 Å². The number of nitrogens with zero attached hydrogens (tertiary/aromatic N) is 2. The molecule has 2 amide bonds. The predicted octanol–water partition coefficient (Wildman–Crippen LogP) is 3.09. The Kier molecular flexibility index (Phi) is 8.51. The summed E-state index contributed by atoms with van der Waals surface area (Å²) in [6.45, 7) is 10.1. The average molecular weight is 530 g/mol. The van der Waals surface area contributed by atoms with Gasteiger partial charge in [-0.25, -0.2) is 0 Å². The van der Waals surface area contributed by atoms with Crippen LogP contribution in [0, 0.1) is 0 Å². The van der Waals surface area contributed by atoms with Gasteiger partial charge in [0, 0.05) is 48.4 Å². The summed E-state index contributed by atoms with van der Waals surface area (Å²) in [5, 5.41) is 1.80. The number of hydrogen-bond acceptors (Lipinski definition) is 8. The second kappa shape index (κ2) is 11.6. The van der Waals surface area contributed by atoms with Crippen LogP contribution in [0.4, 0.5) is 0 Å². The molecule has 0 spiro atoms. The topological polar surface area (TPSA) is 111 Å². The molecule has 0 radical (unpaired) electrons. The van der Waals surface area contributed by atoms with Crippen LogP contribution in [0.5, 0.6) is 5.75 Å². The number of hydrogen-bond donors (Lipinski definition) is 1. The van der Waals surface area contributed by atoms with Crippen molar-refractivity contribution in [1.29, 1.82) is 0 Å². The van der Waals surface area contributed by atoms with E-state index in [1.807, 2.05) is 18.2 Å². The van der Waals surface area contributed by atoms with Crippen LogP contribution >= 0.6 is 11.3 Å². The van der Waals surface area contributed by atoms with Crippen LogP contribution in [0.3, 0.4) is 0 Å². The van der Waals surface area contributed by atoms with Crippen molar-refractivity contribution in [2.75, 3.05) is 26.3 Å². The molecule has 4 rings (SSSR count). The van der Waals surface area contributed by atoms with Crippen molar-refractivity contribution >= 4 is 29.1 Å². The molecule has 0 bridgehead atoms. The lowest BCUT2D eigenvalue weighted by Gasteiger charge is -2.26. The van der Waals surface area contributed by atoms with Crippen LogP contribution in [0.25, 0.3) is 0 Å². The number of fused-ring (bicyclic) bond motifs is 1. The first-order chi connectivity index (χ1) is 17.6. The minimum atomic E-state index is -0.886. The quantitative estimate of drug-likeness (QED) is 0.471. The fourth-order valence-corrected chi connectivity index (χ4v) is 5.49. The van der Waals surface area contributed by atoms with Gasteiger partial charge < -0.3 is 24.8 Å². The van der Waals surface area contributed by atoms with Crippen molar-refractivity contribution in [3.63, 3.8) is 0 Å². The second-order valence-corrected chi connectivity index (χ2v) is 11.3. The Morgan fingerprint density at radius 2 is 1.97 bits per heavy atom. The molecule has 0 aliphatic carbocycles. The first-order valence-electron chi connectivity index (χ1n) is 12.5. The summed E-state index contributed by atoms with van der Waals surface area (Å²) in [6, 6.07) is 7.15. The first-order valence-corrected chi connectivity index (χ1v) is 13.4. The minimum absolute atomic E-state index is 0.00172. The maximum atomic E-state index is 13.1. The lowest BCUT2D eigenvalue weighted by molar-refractivity contribution is -0.155. The number of carbonyl (C=O) groups is 3. The Hall–Kier alpha value is -2.95. The highest BCUT2D eigenvalue weighted by molar-refractivity contribution is 7.10. The summed E-state index contributed by atoms with van der Waals surface area (Å²) >= 11 is 1.47. The summed E-state index contributed by atoms with van der Waals surface area (Å²) in [6.07, 6.45) is 0.115. The molecule has 2 aliphatic heterocycles.